The first-order valence-electron chi connectivity index (χ1n) is 7.86. The zero-order valence-corrected chi connectivity index (χ0v) is 14.6. The Morgan fingerprint density at radius 3 is 2.79 bits per heavy atom. The summed E-state index contributed by atoms with van der Waals surface area (Å²) in [6.45, 7) is 3.89. The number of Topliss-reactive ketones (excluding diaryl/α,β-unsaturated/α-hetero) is 1. The van der Waals surface area contributed by atoms with Gasteiger partial charge in [0.05, 0.1) is 11.1 Å². The van der Waals surface area contributed by atoms with Crippen molar-refractivity contribution in [2.24, 2.45) is 10.7 Å². The number of hydrogen-bond acceptors (Lipinski definition) is 6. The van der Waals surface area contributed by atoms with Crippen molar-refractivity contribution in [1.82, 2.24) is 9.97 Å². The first kappa shape index (κ1) is 16.6. The fraction of sp³-hybridized carbons (Fsp3) is 0.333. The zero-order valence-electron chi connectivity index (χ0n) is 13.8. The van der Waals surface area contributed by atoms with Crippen molar-refractivity contribution in [3.05, 3.63) is 59.2 Å². The second-order valence-electron chi connectivity index (χ2n) is 6.14. The van der Waals surface area contributed by atoms with Gasteiger partial charge in [-0.2, -0.15) is 0 Å². The van der Waals surface area contributed by atoms with Crippen molar-refractivity contribution in [3.8, 4) is 0 Å². The Bertz CT molecular complexity index is 788. The molecule has 0 bridgehead atoms. The van der Waals surface area contributed by atoms with Gasteiger partial charge in [-0.15, -0.1) is 0 Å². The van der Waals surface area contributed by atoms with E-state index in [9.17, 15) is 4.79 Å². The molecule has 0 unspecified atom stereocenters. The lowest BCUT2D eigenvalue weighted by Gasteiger charge is -2.30. The number of benzene rings is 1. The average Bonchev–Trinajstić information content (AvgIpc) is 2.55. The molecular weight excluding hydrogens is 320 g/mol. The second-order valence-corrected chi connectivity index (χ2v) is 7.26. The SMILES string of the molecule is Cc1ncc(C(=O)Cc2cccc([C@]3(C)CCSC(N)=N3)c2)cn1. The average molecular weight is 340 g/mol. The number of ketones is 1. The van der Waals surface area contributed by atoms with Gasteiger partial charge in [-0.05, 0) is 31.4 Å². The molecule has 3 rings (SSSR count). The summed E-state index contributed by atoms with van der Waals surface area (Å²) in [5.41, 5.74) is 8.18. The molecule has 124 valence electrons. The molecule has 1 aromatic carbocycles. The first-order valence-corrected chi connectivity index (χ1v) is 8.84. The fourth-order valence-electron chi connectivity index (χ4n) is 2.73. The van der Waals surface area contributed by atoms with E-state index >= 15 is 0 Å². The number of nitrogens with zero attached hydrogens (tertiary/aromatic N) is 3. The third-order valence-corrected chi connectivity index (χ3v) is 5.01. The van der Waals surface area contributed by atoms with Crippen LogP contribution in [-0.4, -0.2) is 26.7 Å². The summed E-state index contributed by atoms with van der Waals surface area (Å²) in [6.07, 6.45) is 4.42. The molecule has 0 aliphatic carbocycles. The molecule has 5 nitrogen and oxygen atoms in total. The highest BCUT2D eigenvalue weighted by Gasteiger charge is 2.29. The summed E-state index contributed by atoms with van der Waals surface area (Å²) in [7, 11) is 0. The van der Waals surface area contributed by atoms with Crippen LogP contribution in [0.15, 0.2) is 41.7 Å². The van der Waals surface area contributed by atoms with Crippen LogP contribution in [0, 0.1) is 6.92 Å². The van der Waals surface area contributed by atoms with Crippen molar-refractivity contribution in [1.29, 1.82) is 0 Å². The van der Waals surface area contributed by atoms with Gasteiger partial charge in [-0.1, -0.05) is 36.0 Å². The smallest absolute Gasteiger partial charge is 0.170 e. The minimum Gasteiger partial charge on any atom is -0.379 e. The minimum absolute atomic E-state index is 0.0134. The number of carbonyl (C=O) groups is 1. The van der Waals surface area contributed by atoms with Gasteiger partial charge in [-0.25, -0.2) is 9.97 Å². The number of amidine groups is 1. The van der Waals surface area contributed by atoms with Crippen LogP contribution in [-0.2, 0) is 12.0 Å². The van der Waals surface area contributed by atoms with E-state index in [1.54, 1.807) is 31.1 Å². The molecule has 1 aromatic heterocycles. The van der Waals surface area contributed by atoms with Gasteiger partial charge in [0, 0.05) is 24.6 Å². The van der Waals surface area contributed by atoms with Gasteiger partial charge in [0.25, 0.3) is 0 Å². The molecule has 0 fully saturated rings. The van der Waals surface area contributed by atoms with Crippen molar-refractivity contribution in [2.75, 3.05) is 5.75 Å². The van der Waals surface area contributed by atoms with Crippen molar-refractivity contribution in [2.45, 2.75) is 32.2 Å². The lowest BCUT2D eigenvalue weighted by molar-refractivity contribution is 0.0992. The van der Waals surface area contributed by atoms with Crippen LogP contribution in [0.5, 0.6) is 0 Å². The quantitative estimate of drug-likeness (QED) is 0.866. The molecule has 2 heterocycles. The number of aliphatic imine (C=N–C) groups is 1. The van der Waals surface area contributed by atoms with Gasteiger partial charge in [0.15, 0.2) is 11.0 Å². The predicted octanol–water partition coefficient (Wildman–Crippen LogP) is 2.88. The molecule has 0 saturated heterocycles. The van der Waals surface area contributed by atoms with Gasteiger partial charge in [-0.3, -0.25) is 9.79 Å². The maximum absolute atomic E-state index is 12.4. The largest absolute Gasteiger partial charge is 0.379 e. The molecule has 0 saturated carbocycles. The Hall–Kier alpha value is -2.21. The highest BCUT2D eigenvalue weighted by molar-refractivity contribution is 8.13. The molecule has 1 aliphatic rings. The monoisotopic (exact) mass is 340 g/mol. The summed E-state index contributed by atoms with van der Waals surface area (Å²) < 4.78 is 0. The fourth-order valence-corrected chi connectivity index (χ4v) is 3.71. The first-order chi connectivity index (χ1) is 11.5. The molecule has 6 heteroatoms. The molecule has 0 amide bonds. The van der Waals surface area contributed by atoms with E-state index in [0.29, 0.717) is 23.0 Å². The van der Waals surface area contributed by atoms with Gasteiger partial charge < -0.3 is 5.73 Å². The Morgan fingerprint density at radius 2 is 2.08 bits per heavy atom. The number of hydrogen-bond donors (Lipinski definition) is 1. The third-order valence-electron chi connectivity index (χ3n) is 4.21. The number of thioether (sulfide) groups is 1. The highest BCUT2D eigenvalue weighted by Crippen LogP contribution is 2.35. The van der Waals surface area contributed by atoms with E-state index in [2.05, 4.69) is 34.0 Å². The van der Waals surface area contributed by atoms with E-state index in [4.69, 9.17) is 5.73 Å². The number of carbonyl (C=O) groups excluding carboxylic acids is 1. The normalized spacial score (nSPS) is 20.5. The van der Waals surface area contributed by atoms with Crippen LogP contribution < -0.4 is 5.73 Å². The Kier molecular flexibility index (Phi) is 4.66. The topological polar surface area (TPSA) is 81.2 Å². The lowest BCUT2D eigenvalue weighted by atomic mass is 9.88. The highest BCUT2D eigenvalue weighted by atomic mass is 32.2. The van der Waals surface area contributed by atoms with Crippen LogP contribution in [0.3, 0.4) is 0 Å². The van der Waals surface area contributed by atoms with E-state index < -0.39 is 0 Å². The maximum atomic E-state index is 12.4. The standard InChI is InChI=1S/C18H20N4OS/c1-12-20-10-14(11-21-12)16(23)9-13-4-3-5-15(8-13)18(2)6-7-24-17(19)22-18/h3-5,8,10-11H,6-7,9H2,1-2H3,(H2,19,22)/t18-/m0/s1. The van der Waals surface area contributed by atoms with Gasteiger partial charge in [0.1, 0.15) is 5.82 Å². The number of nitrogens with two attached hydrogens (primary N) is 1. The summed E-state index contributed by atoms with van der Waals surface area (Å²) in [4.78, 5) is 25.2. The zero-order chi connectivity index (χ0) is 17.2. The second kappa shape index (κ2) is 6.73. The van der Waals surface area contributed by atoms with Crippen molar-refractivity contribution < 1.29 is 4.79 Å². The summed E-state index contributed by atoms with van der Waals surface area (Å²) in [5.74, 6) is 1.63. The lowest BCUT2D eigenvalue weighted by Crippen LogP contribution is -2.28. The molecule has 0 spiro atoms. The molecule has 2 N–H and O–H groups in total. The molecule has 0 radical (unpaired) electrons. The van der Waals surface area contributed by atoms with Gasteiger partial charge in [0.2, 0.25) is 0 Å². The van der Waals surface area contributed by atoms with Gasteiger partial charge >= 0.3 is 0 Å². The number of rotatable bonds is 4. The van der Waals surface area contributed by atoms with Crippen molar-refractivity contribution >= 4 is 22.7 Å². The van der Waals surface area contributed by atoms with E-state index in [-0.39, 0.29) is 11.3 Å². The molecule has 1 atom stereocenters. The van der Waals surface area contributed by atoms with Crippen LogP contribution in [0.2, 0.25) is 0 Å². The summed E-state index contributed by atoms with van der Waals surface area (Å²) in [5, 5.41) is 0.627. The number of aryl methyl sites for hydroxylation is 1. The van der Waals surface area contributed by atoms with E-state index in [0.717, 1.165) is 23.3 Å². The summed E-state index contributed by atoms with van der Waals surface area (Å²) >= 11 is 1.59. The van der Waals surface area contributed by atoms with Crippen LogP contribution in [0.25, 0.3) is 0 Å². The summed E-state index contributed by atoms with van der Waals surface area (Å²) in [6, 6.07) is 8.04. The minimum atomic E-state index is -0.318. The van der Waals surface area contributed by atoms with Crippen LogP contribution in [0.4, 0.5) is 0 Å². The van der Waals surface area contributed by atoms with E-state index in [1.807, 2.05) is 12.1 Å². The van der Waals surface area contributed by atoms with E-state index in [1.165, 1.54) is 0 Å². The van der Waals surface area contributed by atoms with Crippen LogP contribution >= 0.6 is 11.8 Å². The number of aromatic nitrogens is 2. The maximum Gasteiger partial charge on any atom is 0.170 e. The Balaban J connectivity index is 1.82. The van der Waals surface area contributed by atoms with Crippen molar-refractivity contribution in [3.63, 3.8) is 0 Å². The Labute approximate surface area is 145 Å². The Morgan fingerprint density at radius 1 is 1.33 bits per heavy atom. The van der Waals surface area contributed by atoms with Crippen LogP contribution in [0.1, 0.15) is 40.7 Å². The molecular formula is C18H20N4OS. The molecule has 1 aliphatic heterocycles. The predicted molar refractivity (Wildman–Crippen MR) is 97.3 cm³/mol. The third kappa shape index (κ3) is 3.64. The molecule has 24 heavy (non-hydrogen) atoms. The molecule has 2 aromatic rings.